The first-order valence-corrected chi connectivity index (χ1v) is 7.49. The third kappa shape index (κ3) is 2.14. The van der Waals surface area contributed by atoms with Gasteiger partial charge in [-0.15, -0.1) is 0 Å². The SMILES string of the molecule is CC(C)S(=O)(=O)Cc1cc2cccc(F)c2n1C. The van der Waals surface area contributed by atoms with Crippen molar-refractivity contribution < 1.29 is 12.8 Å². The zero-order chi connectivity index (χ0) is 13.5. The molecule has 0 bridgehead atoms. The highest BCUT2D eigenvalue weighted by Crippen LogP contribution is 2.23. The van der Waals surface area contributed by atoms with Crippen molar-refractivity contribution in [1.82, 2.24) is 4.57 Å². The molecule has 2 aromatic rings. The number of aromatic nitrogens is 1. The maximum absolute atomic E-state index is 13.7. The van der Waals surface area contributed by atoms with Crippen LogP contribution >= 0.6 is 0 Å². The summed E-state index contributed by atoms with van der Waals surface area (Å²) >= 11 is 0. The molecule has 0 fully saturated rings. The van der Waals surface area contributed by atoms with Crippen molar-refractivity contribution in [3.63, 3.8) is 0 Å². The monoisotopic (exact) mass is 269 g/mol. The summed E-state index contributed by atoms with van der Waals surface area (Å²) in [4.78, 5) is 0. The van der Waals surface area contributed by atoms with Crippen molar-refractivity contribution in [2.24, 2.45) is 7.05 Å². The van der Waals surface area contributed by atoms with Crippen LogP contribution in [-0.4, -0.2) is 18.2 Å². The molecule has 0 saturated heterocycles. The van der Waals surface area contributed by atoms with Gasteiger partial charge < -0.3 is 4.57 Å². The number of halogens is 1. The Hall–Kier alpha value is -1.36. The Morgan fingerprint density at radius 1 is 1.33 bits per heavy atom. The normalized spacial score (nSPS) is 12.5. The summed E-state index contributed by atoms with van der Waals surface area (Å²) in [7, 11) is -1.49. The Morgan fingerprint density at radius 2 is 2.00 bits per heavy atom. The number of sulfone groups is 1. The number of para-hydroxylation sites is 1. The lowest BCUT2D eigenvalue weighted by Crippen LogP contribution is -2.17. The topological polar surface area (TPSA) is 39.1 Å². The highest BCUT2D eigenvalue weighted by molar-refractivity contribution is 7.91. The van der Waals surface area contributed by atoms with E-state index >= 15 is 0 Å². The van der Waals surface area contributed by atoms with E-state index in [-0.39, 0.29) is 11.6 Å². The fraction of sp³-hybridized carbons (Fsp3) is 0.385. The molecule has 3 nitrogen and oxygen atoms in total. The van der Waals surface area contributed by atoms with E-state index in [0.29, 0.717) is 11.2 Å². The summed E-state index contributed by atoms with van der Waals surface area (Å²) in [6.07, 6.45) is 0. The molecule has 1 heterocycles. The number of nitrogens with zero attached hydrogens (tertiary/aromatic N) is 1. The smallest absolute Gasteiger partial charge is 0.158 e. The van der Waals surface area contributed by atoms with E-state index in [0.717, 1.165) is 5.39 Å². The number of hydrogen-bond donors (Lipinski definition) is 0. The van der Waals surface area contributed by atoms with Gasteiger partial charge in [0.2, 0.25) is 0 Å². The predicted molar refractivity (Wildman–Crippen MR) is 70.6 cm³/mol. The van der Waals surface area contributed by atoms with Crippen molar-refractivity contribution in [3.8, 4) is 0 Å². The van der Waals surface area contributed by atoms with Crippen molar-refractivity contribution in [3.05, 3.63) is 35.8 Å². The average molecular weight is 269 g/mol. The van der Waals surface area contributed by atoms with Gasteiger partial charge >= 0.3 is 0 Å². The fourth-order valence-electron chi connectivity index (χ4n) is 1.93. The van der Waals surface area contributed by atoms with Gasteiger partial charge in [0.05, 0.1) is 16.5 Å². The summed E-state index contributed by atoms with van der Waals surface area (Å²) in [5.41, 5.74) is 1.07. The Kier molecular flexibility index (Phi) is 3.19. The number of rotatable bonds is 3. The fourth-order valence-corrected chi connectivity index (χ4v) is 2.96. The van der Waals surface area contributed by atoms with Crippen molar-refractivity contribution in [2.45, 2.75) is 24.9 Å². The standard InChI is InChI=1S/C13H16FNO2S/c1-9(2)18(16,17)8-11-7-10-5-4-6-12(14)13(10)15(11)3/h4-7,9H,8H2,1-3H3. The zero-order valence-electron chi connectivity index (χ0n) is 10.6. The Bertz CT molecular complexity index is 686. The third-order valence-electron chi connectivity index (χ3n) is 3.17. The number of benzene rings is 1. The van der Waals surface area contributed by atoms with Crippen LogP contribution in [0.3, 0.4) is 0 Å². The van der Waals surface area contributed by atoms with Gasteiger partial charge in [-0.25, -0.2) is 12.8 Å². The molecule has 0 atom stereocenters. The molecule has 0 N–H and O–H groups in total. The molecule has 0 saturated carbocycles. The highest BCUT2D eigenvalue weighted by atomic mass is 32.2. The summed E-state index contributed by atoms with van der Waals surface area (Å²) in [6.45, 7) is 3.30. The summed E-state index contributed by atoms with van der Waals surface area (Å²) in [5, 5.41) is 0.298. The molecule has 0 aliphatic rings. The second-order valence-electron chi connectivity index (χ2n) is 4.73. The molecule has 98 valence electrons. The molecule has 0 radical (unpaired) electrons. The van der Waals surface area contributed by atoms with Gasteiger partial charge in [-0.05, 0) is 26.0 Å². The van der Waals surface area contributed by atoms with Crippen molar-refractivity contribution in [2.75, 3.05) is 0 Å². The van der Waals surface area contributed by atoms with E-state index in [4.69, 9.17) is 0 Å². The molecular weight excluding hydrogens is 253 g/mol. The number of hydrogen-bond acceptors (Lipinski definition) is 2. The largest absolute Gasteiger partial charge is 0.344 e. The van der Waals surface area contributed by atoms with Gasteiger partial charge in [0.1, 0.15) is 5.82 Å². The van der Waals surface area contributed by atoms with Gasteiger partial charge in [0.15, 0.2) is 9.84 Å². The first kappa shape index (κ1) is 13.1. The first-order chi connectivity index (χ1) is 8.33. The summed E-state index contributed by atoms with van der Waals surface area (Å²) in [6, 6.07) is 6.52. The van der Waals surface area contributed by atoms with E-state index in [1.807, 2.05) is 0 Å². The maximum atomic E-state index is 13.7. The van der Waals surface area contributed by atoms with Crippen LogP contribution < -0.4 is 0 Å². The minimum atomic E-state index is -3.18. The van der Waals surface area contributed by atoms with Gasteiger partial charge in [0, 0.05) is 18.1 Å². The second-order valence-corrected chi connectivity index (χ2v) is 7.29. The van der Waals surface area contributed by atoms with E-state index in [2.05, 4.69) is 0 Å². The minimum Gasteiger partial charge on any atom is -0.344 e. The lowest BCUT2D eigenvalue weighted by atomic mass is 10.2. The Morgan fingerprint density at radius 3 is 2.56 bits per heavy atom. The number of fused-ring (bicyclic) bond motifs is 1. The van der Waals surface area contributed by atoms with Crippen LogP contribution in [0.25, 0.3) is 10.9 Å². The maximum Gasteiger partial charge on any atom is 0.158 e. The van der Waals surface area contributed by atoms with Crippen LogP contribution in [0.5, 0.6) is 0 Å². The molecule has 0 unspecified atom stereocenters. The Balaban J connectivity index is 2.54. The van der Waals surface area contributed by atoms with Gasteiger partial charge in [-0.1, -0.05) is 12.1 Å². The minimum absolute atomic E-state index is 0.0602. The molecule has 5 heteroatoms. The molecule has 1 aromatic carbocycles. The predicted octanol–water partition coefficient (Wildman–Crippen LogP) is 2.64. The summed E-state index contributed by atoms with van der Waals surface area (Å²) < 4.78 is 39.1. The van der Waals surface area contributed by atoms with Gasteiger partial charge in [-0.3, -0.25) is 0 Å². The molecule has 0 aliphatic heterocycles. The number of aryl methyl sites for hydroxylation is 1. The second kappa shape index (κ2) is 4.39. The highest BCUT2D eigenvalue weighted by Gasteiger charge is 2.20. The van der Waals surface area contributed by atoms with E-state index in [1.165, 1.54) is 6.07 Å². The molecule has 0 aliphatic carbocycles. The molecule has 18 heavy (non-hydrogen) atoms. The summed E-state index contributed by atoms with van der Waals surface area (Å²) in [5.74, 6) is -0.391. The molecule has 2 rings (SSSR count). The molecule has 0 spiro atoms. The molecule has 1 aromatic heterocycles. The van der Waals surface area contributed by atoms with E-state index < -0.39 is 15.1 Å². The van der Waals surface area contributed by atoms with Crippen LogP contribution in [0, 0.1) is 5.82 Å². The molecule has 0 amide bonds. The lowest BCUT2D eigenvalue weighted by molar-refractivity contribution is 0.584. The lowest BCUT2D eigenvalue weighted by Gasteiger charge is -2.08. The van der Waals surface area contributed by atoms with Crippen LogP contribution in [-0.2, 0) is 22.6 Å². The van der Waals surface area contributed by atoms with E-state index in [9.17, 15) is 12.8 Å². The third-order valence-corrected chi connectivity index (χ3v) is 5.31. The Labute approximate surface area is 106 Å². The van der Waals surface area contributed by atoms with Crippen LogP contribution in [0.2, 0.25) is 0 Å². The average Bonchev–Trinajstić information content (AvgIpc) is 2.56. The van der Waals surface area contributed by atoms with Crippen LogP contribution in [0.15, 0.2) is 24.3 Å². The van der Waals surface area contributed by atoms with Gasteiger partial charge in [0.25, 0.3) is 0 Å². The van der Waals surface area contributed by atoms with Crippen molar-refractivity contribution in [1.29, 1.82) is 0 Å². The molecular formula is C13H16FNO2S. The van der Waals surface area contributed by atoms with Crippen LogP contribution in [0.1, 0.15) is 19.5 Å². The van der Waals surface area contributed by atoms with Crippen LogP contribution in [0.4, 0.5) is 4.39 Å². The van der Waals surface area contributed by atoms with Gasteiger partial charge in [-0.2, -0.15) is 0 Å². The quantitative estimate of drug-likeness (QED) is 0.859. The first-order valence-electron chi connectivity index (χ1n) is 5.77. The van der Waals surface area contributed by atoms with Crippen molar-refractivity contribution >= 4 is 20.7 Å². The zero-order valence-corrected chi connectivity index (χ0v) is 11.5. The van der Waals surface area contributed by atoms with E-state index in [1.54, 1.807) is 43.7 Å².